The highest BCUT2D eigenvalue weighted by atomic mass is 32.2. The fourth-order valence-electron chi connectivity index (χ4n) is 2.31. The Labute approximate surface area is 142 Å². The van der Waals surface area contributed by atoms with Gasteiger partial charge in [0.25, 0.3) is 5.91 Å². The monoisotopic (exact) mass is 332 g/mol. The minimum absolute atomic E-state index is 0.00275. The Morgan fingerprint density at radius 1 is 1.26 bits per heavy atom. The van der Waals surface area contributed by atoms with Gasteiger partial charge in [-0.15, -0.1) is 11.8 Å². The lowest BCUT2D eigenvalue weighted by Gasteiger charge is -2.10. The highest BCUT2D eigenvalue weighted by Crippen LogP contribution is 2.28. The molecular formula is C18H24N2O2S. The predicted molar refractivity (Wildman–Crippen MR) is 93.8 cm³/mol. The second-order valence-corrected chi connectivity index (χ2v) is 6.57. The Balaban J connectivity index is 2.01. The molecule has 0 saturated carbocycles. The van der Waals surface area contributed by atoms with Crippen molar-refractivity contribution in [2.75, 3.05) is 6.54 Å². The largest absolute Gasteiger partial charge is 0.361 e. The molecule has 0 aliphatic rings. The second-order valence-electron chi connectivity index (χ2n) is 5.55. The summed E-state index contributed by atoms with van der Waals surface area (Å²) < 4.78 is 5.19. The van der Waals surface area contributed by atoms with Gasteiger partial charge in [0, 0.05) is 22.8 Å². The van der Waals surface area contributed by atoms with Crippen molar-refractivity contribution in [3.05, 3.63) is 46.8 Å². The summed E-state index contributed by atoms with van der Waals surface area (Å²) in [6, 6.07) is 7.74. The summed E-state index contributed by atoms with van der Waals surface area (Å²) in [6.07, 6.45) is 3.32. The summed E-state index contributed by atoms with van der Waals surface area (Å²) in [7, 11) is 0. The third-order valence-electron chi connectivity index (χ3n) is 3.75. The van der Waals surface area contributed by atoms with E-state index in [0.29, 0.717) is 0 Å². The number of hydrogen-bond acceptors (Lipinski definition) is 4. The highest BCUT2D eigenvalue weighted by molar-refractivity contribution is 7.98. The first kappa shape index (κ1) is 17.6. The number of hydrogen-bond donors (Lipinski definition) is 1. The lowest BCUT2D eigenvalue weighted by atomic mass is 10.2. The standard InChI is InChI=1S/C18H24N2O2S/c1-4-5-8-11-19-18(21)15-9-6-7-10-17(15)23-12-16-13(2)20-22-14(16)3/h6-7,9-10H,4-5,8,11-12H2,1-3H3,(H,19,21). The van der Waals surface area contributed by atoms with Gasteiger partial charge < -0.3 is 9.84 Å². The van der Waals surface area contributed by atoms with Crippen LogP contribution in [-0.4, -0.2) is 17.6 Å². The van der Waals surface area contributed by atoms with E-state index in [9.17, 15) is 4.79 Å². The van der Waals surface area contributed by atoms with E-state index < -0.39 is 0 Å². The number of carbonyl (C=O) groups is 1. The minimum atomic E-state index is 0.00275. The van der Waals surface area contributed by atoms with Crippen molar-refractivity contribution in [2.45, 2.75) is 50.7 Å². The van der Waals surface area contributed by atoms with Gasteiger partial charge in [-0.1, -0.05) is 37.1 Å². The first-order chi connectivity index (χ1) is 11.1. The number of nitrogens with zero attached hydrogens (tertiary/aromatic N) is 1. The molecule has 5 heteroatoms. The molecule has 1 aromatic carbocycles. The Kier molecular flexibility index (Phi) is 6.71. The number of thioether (sulfide) groups is 1. The van der Waals surface area contributed by atoms with Gasteiger partial charge in [-0.05, 0) is 32.4 Å². The van der Waals surface area contributed by atoms with E-state index in [-0.39, 0.29) is 5.91 Å². The van der Waals surface area contributed by atoms with Crippen molar-refractivity contribution in [3.63, 3.8) is 0 Å². The van der Waals surface area contributed by atoms with E-state index in [0.717, 1.165) is 59.0 Å². The Bertz CT molecular complexity index is 633. The molecule has 0 fully saturated rings. The number of aryl methyl sites for hydroxylation is 2. The molecule has 0 saturated heterocycles. The molecule has 1 N–H and O–H groups in total. The molecule has 1 aromatic heterocycles. The second kappa shape index (κ2) is 8.77. The topological polar surface area (TPSA) is 55.1 Å². The highest BCUT2D eigenvalue weighted by Gasteiger charge is 2.14. The summed E-state index contributed by atoms with van der Waals surface area (Å²) in [5, 5.41) is 6.98. The summed E-state index contributed by atoms with van der Waals surface area (Å²) in [5.41, 5.74) is 2.76. The third kappa shape index (κ3) is 4.86. The maximum atomic E-state index is 12.4. The molecule has 4 nitrogen and oxygen atoms in total. The number of carbonyl (C=O) groups excluding carboxylic acids is 1. The van der Waals surface area contributed by atoms with Gasteiger partial charge in [0.15, 0.2) is 0 Å². The molecule has 0 bridgehead atoms. The minimum Gasteiger partial charge on any atom is -0.361 e. The van der Waals surface area contributed by atoms with Crippen molar-refractivity contribution in [1.29, 1.82) is 0 Å². The van der Waals surface area contributed by atoms with Crippen LogP contribution < -0.4 is 5.32 Å². The van der Waals surface area contributed by atoms with Gasteiger partial charge in [-0.25, -0.2) is 0 Å². The molecule has 2 rings (SSSR count). The van der Waals surface area contributed by atoms with Crippen molar-refractivity contribution < 1.29 is 9.32 Å². The number of aromatic nitrogens is 1. The maximum absolute atomic E-state index is 12.4. The number of nitrogens with one attached hydrogen (secondary N) is 1. The summed E-state index contributed by atoms with van der Waals surface area (Å²) in [4.78, 5) is 13.4. The van der Waals surface area contributed by atoms with Crippen LogP contribution in [0.15, 0.2) is 33.7 Å². The van der Waals surface area contributed by atoms with Gasteiger partial charge in [0.05, 0.1) is 11.3 Å². The van der Waals surface area contributed by atoms with Crippen LogP contribution in [0.2, 0.25) is 0 Å². The molecule has 0 aliphatic heterocycles. The van der Waals surface area contributed by atoms with E-state index in [1.54, 1.807) is 11.8 Å². The van der Waals surface area contributed by atoms with Crippen LogP contribution in [0.5, 0.6) is 0 Å². The van der Waals surface area contributed by atoms with Crippen LogP contribution in [0.25, 0.3) is 0 Å². The van der Waals surface area contributed by atoms with E-state index in [1.807, 2.05) is 38.1 Å². The van der Waals surface area contributed by atoms with Crippen molar-refractivity contribution in [1.82, 2.24) is 10.5 Å². The van der Waals surface area contributed by atoms with Crippen LogP contribution in [-0.2, 0) is 5.75 Å². The average molecular weight is 332 g/mol. The van der Waals surface area contributed by atoms with Crippen LogP contribution in [0.1, 0.15) is 53.6 Å². The molecule has 0 aliphatic carbocycles. The van der Waals surface area contributed by atoms with Crippen LogP contribution in [0.4, 0.5) is 0 Å². The SMILES string of the molecule is CCCCCNC(=O)c1ccccc1SCc1c(C)noc1C. The first-order valence-corrected chi connectivity index (χ1v) is 9.03. The molecule has 23 heavy (non-hydrogen) atoms. The van der Waals surface area contributed by atoms with Gasteiger partial charge in [-0.2, -0.15) is 0 Å². The zero-order valence-electron chi connectivity index (χ0n) is 14.0. The lowest BCUT2D eigenvalue weighted by molar-refractivity contribution is 0.0950. The lowest BCUT2D eigenvalue weighted by Crippen LogP contribution is -2.24. The number of rotatable bonds is 8. The number of amides is 1. The fourth-order valence-corrected chi connectivity index (χ4v) is 3.51. The smallest absolute Gasteiger partial charge is 0.252 e. The maximum Gasteiger partial charge on any atom is 0.252 e. The van der Waals surface area contributed by atoms with Crippen LogP contribution in [0, 0.1) is 13.8 Å². The summed E-state index contributed by atoms with van der Waals surface area (Å²) in [6.45, 7) is 6.75. The molecule has 0 radical (unpaired) electrons. The first-order valence-electron chi connectivity index (χ1n) is 8.05. The fraction of sp³-hybridized carbons (Fsp3) is 0.444. The molecule has 0 unspecified atom stereocenters. The molecule has 1 heterocycles. The van der Waals surface area contributed by atoms with Crippen molar-refractivity contribution in [3.8, 4) is 0 Å². The molecule has 0 atom stereocenters. The van der Waals surface area contributed by atoms with Crippen molar-refractivity contribution >= 4 is 17.7 Å². The number of unbranched alkanes of at least 4 members (excludes halogenated alkanes) is 2. The van der Waals surface area contributed by atoms with Crippen LogP contribution >= 0.6 is 11.8 Å². The third-order valence-corrected chi connectivity index (χ3v) is 4.85. The van der Waals surface area contributed by atoms with Crippen LogP contribution in [0.3, 0.4) is 0 Å². The van der Waals surface area contributed by atoms with E-state index in [4.69, 9.17) is 4.52 Å². The van der Waals surface area contributed by atoms with E-state index >= 15 is 0 Å². The summed E-state index contributed by atoms with van der Waals surface area (Å²) in [5.74, 6) is 1.60. The zero-order chi connectivity index (χ0) is 16.7. The molecule has 2 aromatic rings. The van der Waals surface area contributed by atoms with E-state index in [1.165, 1.54) is 0 Å². The molecular weight excluding hydrogens is 308 g/mol. The molecule has 1 amide bonds. The van der Waals surface area contributed by atoms with Gasteiger partial charge >= 0.3 is 0 Å². The molecule has 0 spiro atoms. The average Bonchev–Trinajstić information content (AvgIpc) is 2.88. The van der Waals surface area contributed by atoms with Gasteiger partial charge in [-0.3, -0.25) is 4.79 Å². The quantitative estimate of drug-likeness (QED) is 0.571. The number of benzene rings is 1. The zero-order valence-corrected chi connectivity index (χ0v) is 14.8. The van der Waals surface area contributed by atoms with Crippen molar-refractivity contribution in [2.24, 2.45) is 0 Å². The van der Waals surface area contributed by atoms with Gasteiger partial charge in [0.1, 0.15) is 5.76 Å². The predicted octanol–water partition coefficient (Wildman–Crippen LogP) is 4.50. The Morgan fingerprint density at radius 3 is 2.74 bits per heavy atom. The normalized spacial score (nSPS) is 10.7. The van der Waals surface area contributed by atoms with Gasteiger partial charge in [0.2, 0.25) is 0 Å². The summed E-state index contributed by atoms with van der Waals surface area (Å²) >= 11 is 1.64. The van der Waals surface area contributed by atoms with E-state index in [2.05, 4.69) is 17.4 Å². The Hall–Kier alpha value is -1.75. The Morgan fingerprint density at radius 2 is 2.04 bits per heavy atom. The molecule has 124 valence electrons.